The molecule has 1 atom stereocenters. The number of phenolic OH excluding ortho intramolecular Hbond substituents is 1. The SMILES string of the molecule is COc1ccc(O)c(C(=O)OC(C(=O)Nc2cc(C)ccc2C)c2ccccc2)c1. The molecule has 0 aliphatic carbocycles. The Balaban J connectivity index is 1.91. The fraction of sp³-hybridized carbons (Fsp3) is 0.167. The zero-order chi connectivity index (χ0) is 21.7. The van der Waals surface area contributed by atoms with Crippen LogP contribution in [0.25, 0.3) is 0 Å². The molecule has 6 nitrogen and oxygen atoms in total. The number of hydrogen-bond acceptors (Lipinski definition) is 5. The van der Waals surface area contributed by atoms with Crippen LogP contribution in [0.15, 0.2) is 66.7 Å². The first-order valence-corrected chi connectivity index (χ1v) is 9.40. The molecule has 0 fully saturated rings. The quantitative estimate of drug-likeness (QED) is 0.588. The van der Waals surface area contributed by atoms with Gasteiger partial charge in [-0.3, -0.25) is 4.79 Å². The molecule has 0 saturated heterocycles. The van der Waals surface area contributed by atoms with E-state index in [0.717, 1.165) is 11.1 Å². The number of aryl methyl sites for hydroxylation is 2. The number of ether oxygens (including phenoxy) is 2. The third-order valence-corrected chi connectivity index (χ3v) is 4.64. The van der Waals surface area contributed by atoms with Crippen LogP contribution in [-0.4, -0.2) is 24.1 Å². The highest BCUT2D eigenvalue weighted by Gasteiger charge is 2.27. The minimum atomic E-state index is -1.20. The van der Waals surface area contributed by atoms with Gasteiger partial charge in [0.15, 0.2) is 0 Å². The molecule has 3 rings (SSSR count). The minimum Gasteiger partial charge on any atom is -0.507 e. The molecule has 0 heterocycles. The molecule has 1 amide bonds. The van der Waals surface area contributed by atoms with Crippen molar-refractivity contribution in [2.24, 2.45) is 0 Å². The number of amides is 1. The largest absolute Gasteiger partial charge is 0.507 e. The first-order chi connectivity index (χ1) is 14.4. The topological polar surface area (TPSA) is 84.9 Å². The highest BCUT2D eigenvalue weighted by atomic mass is 16.5. The number of anilines is 1. The Kier molecular flexibility index (Phi) is 6.37. The molecule has 0 radical (unpaired) electrons. The molecule has 3 aromatic carbocycles. The van der Waals surface area contributed by atoms with E-state index in [1.807, 2.05) is 32.0 Å². The maximum absolute atomic E-state index is 13.1. The lowest BCUT2D eigenvalue weighted by Crippen LogP contribution is -2.26. The Bertz CT molecular complexity index is 1060. The van der Waals surface area contributed by atoms with Crippen LogP contribution < -0.4 is 10.1 Å². The number of rotatable bonds is 6. The maximum Gasteiger partial charge on any atom is 0.343 e. The van der Waals surface area contributed by atoms with Crippen LogP contribution in [0.3, 0.4) is 0 Å². The van der Waals surface area contributed by atoms with Gasteiger partial charge >= 0.3 is 5.97 Å². The van der Waals surface area contributed by atoms with E-state index in [1.54, 1.807) is 30.3 Å². The van der Waals surface area contributed by atoms with E-state index in [2.05, 4.69) is 5.32 Å². The van der Waals surface area contributed by atoms with E-state index >= 15 is 0 Å². The minimum absolute atomic E-state index is 0.0881. The Morgan fingerprint density at radius 2 is 1.70 bits per heavy atom. The molecule has 0 aliphatic rings. The van der Waals surface area contributed by atoms with Crippen molar-refractivity contribution in [3.8, 4) is 11.5 Å². The Labute approximate surface area is 175 Å². The normalized spacial score (nSPS) is 11.4. The van der Waals surface area contributed by atoms with Crippen LogP contribution in [0.4, 0.5) is 5.69 Å². The second kappa shape index (κ2) is 9.13. The first kappa shape index (κ1) is 20.9. The summed E-state index contributed by atoms with van der Waals surface area (Å²) in [5.41, 5.74) is 2.94. The van der Waals surface area contributed by atoms with Gasteiger partial charge in [0, 0.05) is 11.3 Å². The molecule has 154 valence electrons. The summed E-state index contributed by atoms with van der Waals surface area (Å²) in [6.45, 7) is 3.81. The summed E-state index contributed by atoms with van der Waals surface area (Å²) in [5.74, 6) is -1.21. The van der Waals surface area contributed by atoms with Crippen molar-refractivity contribution in [1.82, 2.24) is 0 Å². The second-order valence-corrected chi connectivity index (χ2v) is 6.89. The molecule has 6 heteroatoms. The molecule has 0 spiro atoms. The van der Waals surface area contributed by atoms with E-state index < -0.39 is 18.0 Å². The third kappa shape index (κ3) is 4.78. The van der Waals surface area contributed by atoms with Crippen LogP contribution in [0.2, 0.25) is 0 Å². The molecule has 0 bridgehead atoms. The number of nitrogens with one attached hydrogen (secondary N) is 1. The number of benzene rings is 3. The van der Waals surface area contributed by atoms with Gasteiger partial charge in [-0.25, -0.2) is 4.79 Å². The monoisotopic (exact) mass is 405 g/mol. The summed E-state index contributed by atoms with van der Waals surface area (Å²) in [6, 6.07) is 18.6. The van der Waals surface area contributed by atoms with Gasteiger partial charge in [-0.15, -0.1) is 0 Å². The zero-order valence-corrected chi connectivity index (χ0v) is 17.0. The predicted octanol–water partition coefficient (Wildman–Crippen LogP) is 4.55. The number of carbonyl (C=O) groups excluding carboxylic acids is 2. The van der Waals surface area contributed by atoms with Crippen LogP contribution in [-0.2, 0) is 9.53 Å². The maximum atomic E-state index is 13.1. The molecule has 3 aromatic rings. The highest BCUT2D eigenvalue weighted by Crippen LogP contribution is 2.28. The number of carbonyl (C=O) groups is 2. The average Bonchev–Trinajstić information content (AvgIpc) is 2.75. The van der Waals surface area contributed by atoms with Crippen LogP contribution in [0.5, 0.6) is 11.5 Å². The average molecular weight is 405 g/mol. The number of hydrogen-bond donors (Lipinski definition) is 2. The van der Waals surface area contributed by atoms with Gasteiger partial charge in [0.05, 0.1) is 7.11 Å². The van der Waals surface area contributed by atoms with Crippen molar-refractivity contribution < 1.29 is 24.2 Å². The lowest BCUT2D eigenvalue weighted by molar-refractivity contribution is -0.125. The summed E-state index contributed by atoms with van der Waals surface area (Å²) >= 11 is 0. The van der Waals surface area contributed by atoms with Crippen LogP contribution >= 0.6 is 0 Å². The number of phenols is 1. The van der Waals surface area contributed by atoms with Crippen LogP contribution in [0.1, 0.15) is 33.2 Å². The van der Waals surface area contributed by atoms with Gasteiger partial charge in [-0.2, -0.15) is 0 Å². The van der Waals surface area contributed by atoms with E-state index in [1.165, 1.54) is 25.3 Å². The van der Waals surface area contributed by atoms with Crippen molar-refractivity contribution in [3.05, 3.63) is 89.0 Å². The standard InChI is InChI=1S/C24H23NO5/c1-15-9-10-16(2)20(13-15)25-23(27)22(17-7-5-4-6-8-17)30-24(28)19-14-18(29-3)11-12-21(19)26/h4-14,22,26H,1-3H3,(H,25,27). The summed E-state index contributed by atoms with van der Waals surface area (Å²) in [4.78, 5) is 25.9. The van der Waals surface area contributed by atoms with Gasteiger partial charge in [-0.05, 0) is 49.2 Å². The van der Waals surface area contributed by atoms with Gasteiger partial charge in [-0.1, -0.05) is 42.5 Å². The number of aromatic hydroxyl groups is 1. The zero-order valence-electron chi connectivity index (χ0n) is 17.0. The lowest BCUT2D eigenvalue weighted by Gasteiger charge is -2.19. The smallest absolute Gasteiger partial charge is 0.343 e. The molecule has 30 heavy (non-hydrogen) atoms. The molecule has 2 N–H and O–H groups in total. The van der Waals surface area contributed by atoms with E-state index in [4.69, 9.17) is 9.47 Å². The summed E-state index contributed by atoms with van der Waals surface area (Å²) < 4.78 is 10.6. The summed E-state index contributed by atoms with van der Waals surface area (Å²) in [5, 5.41) is 12.9. The molecule has 0 aliphatic heterocycles. The highest BCUT2D eigenvalue weighted by molar-refractivity contribution is 5.99. The van der Waals surface area contributed by atoms with Crippen molar-refractivity contribution in [2.75, 3.05) is 12.4 Å². The molecular formula is C24H23NO5. The Hall–Kier alpha value is -3.80. The van der Waals surface area contributed by atoms with Crippen LogP contribution in [0, 0.1) is 13.8 Å². The number of esters is 1. The number of methoxy groups -OCH3 is 1. The van der Waals surface area contributed by atoms with Gasteiger partial charge < -0.3 is 19.9 Å². The van der Waals surface area contributed by atoms with E-state index in [-0.39, 0.29) is 11.3 Å². The lowest BCUT2D eigenvalue weighted by atomic mass is 10.1. The van der Waals surface area contributed by atoms with Crippen molar-refractivity contribution in [2.45, 2.75) is 20.0 Å². The third-order valence-electron chi connectivity index (χ3n) is 4.64. The second-order valence-electron chi connectivity index (χ2n) is 6.89. The fourth-order valence-electron chi connectivity index (χ4n) is 2.95. The molecule has 0 saturated carbocycles. The van der Waals surface area contributed by atoms with E-state index in [9.17, 15) is 14.7 Å². The van der Waals surface area contributed by atoms with Gasteiger partial charge in [0.1, 0.15) is 17.1 Å². The molecule has 0 aromatic heterocycles. The van der Waals surface area contributed by atoms with Gasteiger partial charge in [0.2, 0.25) is 6.10 Å². The van der Waals surface area contributed by atoms with Crippen molar-refractivity contribution in [1.29, 1.82) is 0 Å². The van der Waals surface area contributed by atoms with Crippen molar-refractivity contribution >= 4 is 17.6 Å². The van der Waals surface area contributed by atoms with Gasteiger partial charge in [0.25, 0.3) is 5.91 Å². The predicted molar refractivity (Wildman–Crippen MR) is 114 cm³/mol. The summed E-state index contributed by atoms with van der Waals surface area (Å²) in [6.07, 6.45) is -1.20. The fourth-order valence-corrected chi connectivity index (χ4v) is 2.95. The Morgan fingerprint density at radius 1 is 0.967 bits per heavy atom. The molecule has 1 unspecified atom stereocenters. The summed E-state index contributed by atoms with van der Waals surface area (Å²) in [7, 11) is 1.45. The van der Waals surface area contributed by atoms with Crippen molar-refractivity contribution in [3.63, 3.8) is 0 Å². The first-order valence-electron chi connectivity index (χ1n) is 9.40. The van der Waals surface area contributed by atoms with E-state index in [0.29, 0.717) is 17.0 Å². The molecular weight excluding hydrogens is 382 g/mol. The Morgan fingerprint density at radius 3 is 2.40 bits per heavy atom.